The van der Waals surface area contributed by atoms with Gasteiger partial charge in [0.05, 0.1) is 12.8 Å². The van der Waals surface area contributed by atoms with Crippen molar-refractivity contribution >= 4 is 29.9 Å². The number of guanidine groups is 1. The third kappa shape index (κ3) is 7.21. The molecule has 0 radical (unpaired) electrons. The lowest BCUT2D eigenvalue weighted by molar-refractivity contribution is 0.409. The summed E-state index contributed by atoms with van der Waals surface area (Å²) in [5.74, 6) is 2.24. The van der Waals surface area contributed by atoms with Crippen molar-refractivity contribution in [1.82, 2.24) is 20.0 Å². The van der Waals surface area contributed by atoms with E-state index in [0.29, 0.717) is 12.5 Å². The van der Waals surface area contributed by atoms with Crippen molar-refractivity contribution in [2.45, 2.75) is 46.6 Å². The number of aromatic nitrogens is 2. The van der Waals surface area contributed by atoms with Gasteiger partial charge in [0.15, 0.2) is 5.96 Å². The zero-order valence-corrected chi connectivity index (χ0v) is 21.2. The largest absolute Gasteiger partial charge is 0.496 e. The molecule has 0 spiro atoms. The van der Waals surface area contributed by atoms with Crippen molar-refractivity contribution in [2.75, 3.05) is 27.2 Å². The molecule has 0 bridgehead atoms. The average molecular weight is 513 g/mol. The number of aliphatic imine (C=N–C) groups is 1. The van der Waals surface area contributed by atoms with E-state index in [1.54, 1.807) is 7.11 Å². The van der Waals surface area contributed by atoms with Gasteiger partial charge in [-0.1, -0.05) is 31.5 Å². The maximum Gasteiger partial charge on any atom is 0.193 e. The van der Waals surface area contributed by atoms with E-state index in [-0.39, 0.29) is 24.0 Å². The molecule has 0 fully saturated rings. The van der Waals surface area contributed by atoms with Gasteiger partial charge < -0.3 is 15.0 Å². The van der Waals surface area contributed by atoms with Gasteiger partial charge in [0.2, 0.25) is 0 Å². The Kier molecular flexibility index (Phi) is 10.5. The minimum absolute atomic E-state index is 0. The first kappa shape index (κ1) is 25.3. The lowest BCUT2D eigenvalue weighted by Crippen LogP contribution is -2.38. The minimum atomic E-state index is 0. The lowest BCUT2D eigenvalue weighted by Gasteiger charge is -2.22. The van der Waals surface area contributed by atoms with Crippen molar-refractivity contribution in [2.24, 2.45) is 12.0 Å². The summed E-state index contributed by atoms with van der Waals surface area (Å²) in [7, 11) is 5.77. The highest BCUT2D eigenvalue weighted by Gasteiger charge is 2.15. The van der Waals surface area contributed by atoms with Gasteiger partial charge in [-0.3, -0.25) is 9.67 Å². The van der Waals surface area contributed by atoms with E-state index in [4.69, 9.17) is 9.73 Å². The maximum atomic E-state index is 5.49. The molecule has 1 N–H and O–H groups in total. The highest BCUT2D eigenvalue weighted by Crippen LogP contribution is 2.21. The van der Waals surface area contributed by atoms with Crippen molar-refractivity contribution in [3.8, 4) is 5.75 Å². The van der Waals surface area contributed by atoms with E-state index in [0.717, 1.165) is 36.9 Å². The number of nitrogens with one attached hydrogen (secondary N) is 1. The molecule has 0 aliphatic rings. The third-order valence-corrected chi connectivity index (χ3v) is 4.67. The van der Waals surface area contributed by atoms with Gasteiger partial charge >= 0.3 is 0 Å². The Labute approximate surface area is 192 Å². The molecule has 1 aromatic heterocycles. The number of rotatable bonds is 8. The summed E-state index contributed by atoms with van der Waals surface area (Å²) in [6.07, 6.45) is 2.95. The van der Waals surface area contributed by atoms with Crippen LogP contribution < -0.4 is 10.1 Å². The summed E-state index contributed by atoms with van der Waals surface area (Å²) in [5.41, 5.74) is 4.82. The van der Waals surface area contributed by atoms with Gasteiger partial charge in [-0.05, 0) is 37.8 Å². The van der Waals surface area contributed by atoms with Crippen LogP contribution in [-0.2, 0) is 20.0 Å². The number of methoxy groups -OCH3 is 1. The van der Waals surface area contributed by atoms with Gasteiger partial charge in [-0.25, -0.2) is 0 Å². The zero-order valence-electron chi connectivity index (χ0n) is 18.8. The number of halogens is 1. The molecule has 2 rings (SSSR count). The van der Waals surface area contributed by atoms with E-state index in [1.165, 1.54) is 16.7 Å². The molecule has 2 aromatic rings. The molecule has 162 valence electrons. The topological polar surface area (TPSA) is 54.7 Å². The maximum absolute atomic E-state index is 5.49. The SMILES string of the molecule is CCNC(=NCCc1cc(C)ccc1OC)N(C)Cc1cn(C)nc1C(C)C.I. The van der Waals surface area contributed by atoms with Crippen molar-refractivity contribution in [3.05, 3.63) is 46.8 Å². The average Bonchev–Trinajstić information content (AvgIpc) is 3.01. The van der Waals surface area contributed by atoms with Crippen LogP contribution in [0.15, 0.2) is 29.4 Å². The Morgan fingerprint density at radius 3 is 2.66 bits per heavy atom. The van der Waals surface area contributed by atoms with Crippen LogP contribution in [0.3, 0.4) is 0 Å². The van der Waals surface area contributed by atoms with Gasteiger partial charge in [-0.2, -0.15) is 5.10 Å². The fourth-order valence-electron chi connectivity index (χ4n) is 3.35. The summed E-state index contributed by atoms with van der Waals surface area (Å²) in [6.45, 7) is 10.9. The number of benzene rings is 1. The zero-order chi connectivity index (χ0) is 20.7. The van der Waals surface area contributed by atoms with E-state index in [2.05, 4.69) is 68.4 Å². The standard InChI is InChI=1S/C22H35N5O.HI/c1-8-23-22(24-12-11-18-13-17(4)9-10-20(18)28-7)26(5)14-19-15-27(6)25-21(19)16(2)3;/h9-10,13,15-16H,8,11-12,14H2,1-7H3,(H,23,24);1H. The second-order valence-corrected chi connectivity index (χ2v) is 7.52. The first-order chi connectivity index (χ1) is 13.3. The number of aryl methyl sites for hydroxylation is 2. The van der Waals surface area contributed by atoms with Crippen LogP contribution in [0.5, 0.6) is 5.75 Å². The van der Waals surface area contributed by atoms with Crippen LogP contribution in [0.25, 0.3) is 0 Å². The van der Waals surface area contributed by atoms with Gasteiger partial charge in [0.25, 0.3) is 0 Å². The van der Waals surface area contributed by atoms with Crippen LogP contribution in [-0.4, -0.2) is 47.9 Å². The Morgan fingerprint density at radius 2 is 2.03 bits per heavy atom. The Morgan fingerprint density at radius 1 is 1.31 bits per heavy atom. The lowest BCUT2D eigenvalue weighted by atomic mass is 10.1. The predicted octanol–water partition coefficient (Wildman–Crippen LogP) is 4.12. The molecule has 0 unspecified atom stereocenters. The summed E-state index contributed by atoms with van der Waals surface area (Å²) in [4.78, 5) is 7.01. The molecule has 0 saturated heterocycles. The first-order valence-corrected chi connectivity index (χ1v) is 10.0. The Bertz CT molecular complexity index is 800. The third-order valence-electron chi connectivity index (χ3n) is 4.67. The van der Waals surface area contributed by atoms with Crippen LogP contribution in [0, 0.1) is 6.92 Å². The predicted molar refractivity (Wildman–Crippen MR) is 132 cm³/mol. The molecular weight excluding hydrogens is 477 g/mol. The summed E-state index contributed by atoms with van der Waals surface area (Å²) < 4.78 is 7.38. The number of hydrogen-bond donors (Lipinski definition) is 1. The summed E-state index contributed by atoms with van der Waals surface area (Å²) in [5, 5.41) is 8.02. The monoisotopic (exact) mass is 513 g/mol. The molecular formula is C22H36IN5O. The molecule has 29 heavy (non-hydrogen) atoms. The van der Waals surface area contributed by atoms with Crippen LogP contribution >= 0.6 is 24.0 Å². The normalized spacial score (nSPS) is 11.4. The van der Waals surface area contributed by atoms with E-state index < -0.39 is 0 Å². The minimum Gasteiger partial charge on any atom is -0.496 e. The molecule has 6 nitrogen and oxygen atoms in total. The fourth-order valence-corrected chi connectivity index (χ4v) is 3.35. The van der Waals surface area contributed by atoms with E-state index in [1.807, 2.05) is 17.8 Å². The highest BCUT2D eigenvalue weighted by molar-refractivity contribution is 14.0. The molecule has 0 atom stereocenters. The molecule has 0 amide bonds. The molecule has 0 aliphatic heterocycles. The van der Waals surface area contributed by atoms with Crippen LogP contribution in [0.4, 0.5) is 0 Å². The molecule has 0 aliphatic carbocycles. The van der Waals surface area contributed by atoms with Crippen LogP contribution in [0.1, 0.15) is 49.1 Å². The smallest absolute Gasteiger partial charge is 0.193 e. The van der Waals surface area contributed by atoms with Gasteiger partial charge in [0.1, 0.15) is 5.75 Å². The summed E-state index contributed by atoms with van der Waals surface area (Å²) >= 11 is 0. The van der Waals surface area contributed by atoms with Crippen molar-refractivity contribution in [3.63, 3.8) is 0 Å². The molecule has 0 saturated carbocycles. The quantitative estimate of drug-likeness (QED) is 0.328. The highest BCUT2D eigenvalue weighted by atomic mass is 127. The van der Waals surface area contributed by atoms with E-state index >= 15 is 0 Å². The van der Waals surface area contributed by atoms with E-state index in [9.17, 15) is 0 Å². The van der Waals surface area contributed by atoms with Crippen molar-refractivity contribution < 1.29 is 4.74 Å². The Hall–Kier alpha value is -1.77. The van der Waals surface area contributed by atoms with Gasteiger partial charge in [-0.15, -0.1) is 24.0 Å². The second kappa shape index (κ2) is 12.0. The Balaban J connectivity index is 0.00000420. The van der Waals surface area contributed by atoms with Crippen molar-refractivity contribution in [1.29, 1.82) is 0 Å². The molecule has 1 heterocycles. The summed E-state index contributed by atoms with van der Waals surface area (Å²) in [6, 6.07) is 6.28. The van der Waals surface area contributed by atoms with Crippen LogP contribution in [0.2, 0.25) is 0 Å². The fraction of sp³-hybridized carbons (Fsp3) is 0.545. The number of ether oxygens (including phenoxy) is 1. The number of hydrogen-bond acceptors (Lipinski definition) is 3. The molecule has 1 aromatic carbocycles. The second-order valence-electron chi connectivity index (χ2n) is 7.52. The molecule has 7 heteroatoms. The number of nitrogens with zero attached hydrogens (tertiary/aromatic N) is 4. The van der Waals surface area contributed by atoms with Gasteiger partial charge in [0, 0.05) is 45.5 Å². The first-order valence-electron chi connectivity index (χ1n) is 10.0.